The van der Waals surface area contributed by atoms with Gasteiger partial charge in [-0.2, -0.15) is 0 Å². The van der Waals surface area contributed by atoms with Crippen molar-refractivity contribution in [3.8, 4) is 0 Å². The molecule has 0 spiro atoms. The van der Waals surface area contributed by atoms with E-state index >= 15 is 0 Å². The Hall–Kier alpha value is -0.0000000000000000278. The molecule has 1 rings (SSSR count). The Kier molecular flexibility index (Phi) is 3.86. The first-order valence-electron chi connectivity index (χ1n) is 3.95. The first-order chi connectivity index (χ1) is 4.93. The molecule has 10 heavy (non-hydrogen) atoms. The van der Waals surface area contributed by atoms with Crippen molar-refractivity contribution in [3.63, 3.8) is 0 Å². The highest BCUT2D eigenvalue weighted by Crippen LogP contribution is 2.23. The molecule has 0 aromatic rings. The van der Waals surface area contributed by atoms with Crippen molar-refractivity contribution in [1.29, 1.82) is 0 Å². The van der Waals surface area contributed by atoms with E-state index in [0.29, 0.717) is 0 Å². The van der Waals surface area contributed by atoms with E-state index in [1.165, 1.54) is 32.1 Å². The third-order valence-electron chi connectivity index (χ3n) is 2.04. The Labute approximate surface area is 71.1 Å². The molecule has 0 saturated heterocycles. The minimum Gasteiger partial charge on any atom is -0.117 e. The molecule has 0 atom stereocenters. The summed E-state index contributed by atoms with van der Waals surface area (Å²) in [7, 11) is 0. The molecule has 0 aliphatic heterocycles. The lowest BCUT2D eigenvalue weighted by Crippen LogP contribution is -2.01. The number of rotatable bonds is 1. The molecule has 0 radical (unpaired) electrons. The topological polar surface area (TPSA) is 0 Å². The van der Waals surface area contributed by atoms with Crippen LogP contribution in [0.1, 0.15) is 32.1 Å². The van der Waals surface area contributed by atoms with Gasteiger partial charge in [-0.05, 0) is 24.8 Å². The van der Waals surface area contributed by atoms with Gasteiger partial charge in [0.15, 0.2) is 0 Å². The molecule has 0 bridgehead atoms. The van der Waals surface area contributed by atoms with Gasteiger partial charge in [0.25, 0.3) is 0 Å². The van der Waals surface area contributed by atoms with Crippen LogP contribution in [0.3, 0.4) is 0 Å². The van der Waals surface area contributed by atoms with Crippen LogP contribution in [0.5, 0.6) is 0 Å². The maximum Gasteiger partial charge on any atom is 0.0228 e. The lowest BCUT2D eigenvalue weighted by atomic mass is 9.89. The van der Waals surface area contributed by atoms with Crippen molar-refractivity contribution in [2.45, 2.75) is 32.1 Å². The van der Waals surface area contributed by atoms with E-state index in [1.807, 2.05) is 4.99 Å². The highest BCUT2D eigenvalue weighted by atomic mass is 79.9. The van der Waals surface area contributed by atoms with Crippen molar-refractivity contribution < 1.29 is 0 Å². The van der Waals surface area contributed by atoms with E-state index in [1.54, 1.807) is 0 Å². The summed E-state index contributed by atoms with van der Waals surface area (Å²) in [5.41, 5.74) is 3.08. The van der Waals surface area contributed by atoms with Gasteiger partial charge in [-0.15, -0.1) is 5.73 Å². The van der Waals surface area contributed by atoms with Crippen molar-refractivity contribution in [1.82, 2.24) is 0 Å². The molecule has 1 aliphatic rings. The van der Waals surface area contributed by atoms with E-state index in [0.717, 1.165) is 5.92 Å². The second-order valence-electron chi connectivity index (χ2n) is 2.84. The van der Waals surface area contributed by atoms with Gasteiger partial charge in [-0.1, -0.05) is 35.2 Å². The normalized spacial score (nSPS) is 19.7. The Morgan fingerprint density at radius 3 is 2.50 bits per heavy atom. The van der Waals surface area contributed by atoms with E-state index in [4.69, 9.17) is 0 Å². The Balaban J connectivity index is 2.32. The van der Waals surface area contributed by atoms with Gasteiger partial charge >= 0.3 is 0 Å². The average Bonchev–Trinajstić information content (AvgIpc) is 2.03. The van der Waals surface area contributed by atoms with Gasteiger partial charge in [0.2, 0.25) is 0 Å². The fourth-order valence-electron chi connectivity index (χ4n) is 1.47. The Morgan fingerprint density at radius 2 is 1.90 bits per heavy atom. The summed E-state index contributed by atoms with van der Waals surface area (Å²) < 4.78 is 0. The molecule has 56 valence electrons. The summed E-state index contributed by atoms with van der Waals surface area (Å²) in [5.74, 6) is 0.808. The van der Waals surface area contributed by atoms with E-state index in [2.05, 4.69) is 27.7 Å². The fraction of sp³-hybridized carbons (Fsp3) is 0.667. The quantitative estimate of drug-likeness (QED) is 0.568. The van der Waals surface area contributed by atoms with Gasteiger partial charge in [0.05, 0.1) is 0 Å². The van der Waals surface area contributed by atoms with Crippen molar-refractivity contribution >= 4 is 15.9 Å². The van der Waals surface area contributed by atoms with Gasteiger partial charge < -0.3 is 0 Å². The minimum atomic E-state index is 0.808. The summed E-state index contributed by atoms with van der Waals surface area (Å²) in [6.45, 7) is 0. The zero-order valence-corrected chi connectivity index (χ0v) is 7.73. The monoisotopic (exact) mass is 200 g/mol. The standard InChI is InChI=1S/C9H13Br/c10-8-4-7-9-5-2-1-3-6-9/h7-9H,1-3,5-6H2. The summed E-state index contributed by atoms with van der Waals surface area (Å²) in [6.07, 6.45) is 9.17. The molecule has 1 saturated carbocycles. The second kappa shape index (κ2) is 4.76. The molecule has 0 N–H and O–H groups in total. The third-order valence-corrected chi connectivity index (χ3v) is 2.31. The predicted molar refractivity (Wildman–Crippen MR) is 48.2 cm³/mol. The highest BCUT2D eigenvalue weighted by Gasteiger charge is 2.08. The van der Waals surface area contributed by atoms with Crippen LogP contribution in [0.4, 0.5) is 0 Å². The number of hydrogen-bond acceptors (Lipinski definition) is 0. The molecule has 1 aliphatic carbocycles. The van der Waals surface area contributed by atoms with Crippen LogP contribution in [0.25, 0.3) is 0 Å². The summed E-state index contributed by atoms with van der Waals surface area (Å²) in [4.78, 5) is 1.81. The van der Waals surface area contributed by atoms with Crippen LogP contribution in [0.15, 0.2) is 16.8 Å². The zero-order valence-electron chi connectivity index (χ0n) is 6.15. The smallest absolute Gasteiger partial charge is 0.0228 e. The molecule has 0 amide bonds. The van der Waals surface area contributed by atoms with E-state index in [9.17, 15) is 0 Å². The van der Waals surface area contributed by atoms with Gasteiger partial charge in [-0.3, -0.25) is 0 Å². The predicted octanol–water partition coefficient (Wildman–Crippen LogP) is 3.63. The largest absolute Gasteiger partial charge is 0.117 e. The van der Waals surface area contributed by atoms with Crippen molar-refractivity contribution in [2.24, 2.45) is 5.92 Å². The fourth-order valence-corrected chi connectivity index (χ4v) is 1.63. The van der Waals surface area contributed by atoms with Crippen LogP contribution in [-0.2, 0) is 0 Å². The average molecular weight is 201 g/mol. The molecule has 1 fully saturated rings. The first kappa shape index (κ1) is 8.10. The molecule has 0 aromatic heterocycles. The minimum absolute atomic E-state index is 0.808. The molecule has 0 heterocycles. The molecule has 0 unspecified atom stereocenters. The van der Waals surface area contributed by atoms with Crippen LogP contribution in [-0.4, -0.2) is 0 Å². The summed E-state index contributed by atoms with van der Waals surface area (Å²) in [5, 5.41) is 0. The number of hydrogen-bond donors (Lipinski definition) is 0. The highest BCUT2D eigenvalue weighted by molar-refractivity contribution is 9.11. The summed E-state index contributed by atoms with van der Waals surface area (Å²) in [6, 6.07) is 0. The lowest BCUT2D eigenvalue weighted by Gasteiger charge is -2.16. The summed E-state index contributed by atoms with van der Waals surface area (Å²) >= 11 is 3.21. The third kappa shape index (κ3) is 2.72. The first-order valence-corrected chi connectivity index (χ1v) is 4.86. The van der Waals surface area contributed by atoms with Gasteiger partial charge in [0.1, 0.15) is 0 Å². The molecule has 1 heteroatoms. The van der Waals surface area contributed by atoms with Crippen LogP contribution in [0, 0.1) is 5.92 Å². The number of halogens is 1. The molecule has 0 nitrogen and oxygen atoms in total. The van der Waals surface area contributed by atoms with E-state index in [-0.39, 0.29) is 0 Å². The van der Waals surface area contributed by atoms with Crippen LogP contribution >= 0.6 is 15.9 Å². The molecular weight excluding hydrogens is 188 g/mol. The van der Waals surface area contributed by atoms with Gasteiger partial charge in [0, 0.05) is 4.99 Å². The maximum absolute atomic E-state index is 3.21. The van der Waals surface area contributed by atoms with Crippen molar-refractivity contribution in [3.05, 3.63) is 16.8 Å². The van der Waals surface area contributed by atoms with Crippen LogP contribution in [0.2, 0.25) is 0 Å². The van der Waals surface area contributed by atoms with Crippen LogP contribution < -0.4 is 0 Å². The second-order valence-corrected chi connectivity index (χ2v) is 3.30. The zero-order chi connectivity index (χ0) is 7.23. The van der Waals surface area contributed by atoms with Gasteiger partial charge in [-0.25, -0.2) is 0 Å². The number of allylic oxidation sites excluding steroid dienone is 1. The Morgan fingerprint density at radius 1 is 1.20 bits per heavy atom. The molecular formula is C9H13Br. The maximum atomic E-state index is 3.21. The Bertz CT molecular complexity index is 137. The van der Waals surface area contributed by atoms with E-state index < -0.39 is 0 Å². The lowest BCUT2D eigenvalue weighted by molar-refractivity contribution is 0.420. The van der Waals surface area contributed by atoms with Crippen molar-refractivity contribution in [2.75, 3.05) is 0 Å². The molecule has 0 aromatic carbocycles. The SMILES string of the molecule is BrC=C=CC1CCCCC1.